The molecule has 1 aromatic carbocycles. The number of rotatable bonds is 1. The van der Waals surface area contributed by atoms with Crippen molar-refractivity contribution >= 4 is 6.09 Å². The van der Waals surface area contributed by atoms with Crippen molar-refractivity contribution in [1.82, 2.24) is 4.90 Å². The van der Waals surface area contributed by atoms with Crippen LogP contribution in [0, 0.1) is 0 Å². The van der Waals surface area contributed by atoms with E-state index in [0.717, 1.165) is 16.9 Å². The van der Waals surface area contributed by atoms with Crippen LogP contribution in [0.4, 0.5) is 4.79 Å². The molecular formula is C13H17NO3. The number of benzene rings is 1. The third kappa shape index (κ3) is 2.35. The smallest absolute Gasteiger partial charge is 0.407 e. The topological polar surface area (TPSA) is 49.8 Å². The zero-order chi connectivity index (χ0) is 12.4. The molecule has 2 rings (SSSR count). The van der Waals surface area contributed by atoms with Crippen LogP contribution >= 0.6 is 0 Å². The van der Waals surface area contributed by atoms with E-state index in [1.807, 2.05) is 18.2 Å². The predicted molar refractivity (Wildman–Crippen MR) is 64.5 cm³/mol. The van der Waals surface area contributed by atoms with E-state index < -0.39 is 6.09 Å². The fraction of sp³-hybridized carbons (Fsp3) is 0.462. The molecule has 1 aliphatic rings. The maximum Gasteiger partial charge on any atom is 0.407 e. The van der Waals surface area contributed by atoms with Gasteiger partial charge in [-0.3, -0.25) is 0 Å². The van der Waals surface area contributed by atoms with Crippen molar-refractivity contribution in [2.75, 3.05) is 13.2 Å². The van der Waals surface area contributed by atoms with Crippen LogP contribution in [0.3, 0.4) is 0 Å². The maximum absolute atomic E-state index is 11.0. The van der Waals surface area contributed by atoms with Gasteiger partial charge in [0, 0.05) is 5.56 Å². The zero-order valence-corrected chi connectivity index (χ0v) is 10.1. The summed E-state index contributed by atoms with van der Waals surface area (Å²) in [6.07, 6.45) is -0.892. The Bertz CT molecular complexity index is 429. The molecule has 0 saturated heterocycles. The summed E-state index contributed by atoms with van der Waals surface area (Å²) in [5.74, 6) is 1.24. The highest BCUT2D eigenvalue weighted by atomic mass is 16.5. The standard InChI is InChI=1S/C13H17NO3/c1-9(2)11-5-3-4-10-8-14(13(15)16)6-7-17-12(10)11/h3-5,9H,6-8H2,1-2H3,(H,15,16). The molecule has 17 heavy (non-hydrogen) atoms. The molecule has 0 atom stereocenters. The lowest BCUT2D eigenvalue weighted by Crippen LogP contribution is -2.30. The van der Waals surface area contributed by atoms with Gasteiger partial charge in [0.25, 0.3) is 0 Å². The minimum Gasteiger partial charge on any atom is -0.491 e. The first-order valence-corrected chi connectivity index (χ1v) is 5.82. The van der Waals surface area contributed by atoms with Crippen LogP contribution in [0.1, 0.15) is 30.9 Å². The van der Waals surface area contributed by atoms with Gasteiger partial charge in [-0.15, -0.1) is 0 Å². The van der Waals surface area contributed by atoms with Gasteiger partial charge in [-0.2, -0.15) is 0 Å². The first kappa shape index (κ1) is 11.8. The summed E-state index contributed by atoms with van der Waals surface area (Å²) in [4.78, 5) is 12.4. The van der Waals surface area contributed by atoms with Gasteiger partial charge in [0.05, 0.1) is 13.1 Å². The number of fused-ring (bicyclic) bond motifs is 1. The van der Waals surface area contributed by atoms with Gasteiger partial charge in [0.1, 0.15) is 12.4 Å². The van der Waals surface area contributed by atoms with E-state index >= 15 is 0 Å². The van der Waals surface area contributed by atoms with Crippen LogP contribution in [0.2, 0.25) is 0 Å². The SMILES string of the molecule is CC(C)c1cccc2c1OCCN(C(=O)O)C2. The lowest BCUT2D eigenvalue weighted by molar-refractivity contribution is 0.138. The van der Waals surface area contributed by atoms with Crippen LogP contribution in [0.25, 0.3) is 0 Å². The number of hydrogen-bond donors (Lipinski definition) is 1. The largest absolute Gasteiger partial charge is 0.491 e. The first-order chi connectivity index (χ1) is 8.09. The van der Waals surface area contributed by atoms with Crippen LogP contribution in [0.5, 0.6) is 5.75 Å². The highest BCUT2D eigenvalue weighted by Gasteiger charge is 2.21. The molecule has 4 heteroatoms. The van der Waals surface area contributed by atoms with Gasteiger partial charge in [-0.25, -0.2) is 4.79 Å². The average Bonchev–Trinajstić information content (AvgIpc) is 2.49. The molecule has 1 aromatic rings. The Morgan fingerprint density at radius 1 is 1.47 bits per heavy atom. The van der Waals surface area contributed by atoms with Crippen LogP contribution in [0.15, 0.2) is 18.2 Å². The lowest BCUT2D eigenvalue weighted by Gasteiger charge is -2.16. The highest BCUT2D eigenvalue weighted by Crippen LogP contribution is 2.32. The van der Waals surface area contributed by atoms with Crippen molar-refractivity contribution in [1.29, 1.82) is 0 Å². The molecule has 0 saturated carbocycles. The van der Waals surface area contributed by atoms with Crippen molar-refractivity contribution in [3.8, 4) is 5.75 Å². The summed E-state index contributed by atoms with van der Waals surface area (Å²) in [6.45, 7) is 5.47. The van der Waals surface area contributed by atoms with E-state index in [-0.39, 0.29) is 0 Å². The molecule has 0 unspecified atom stereocenters. The number of nitrogens with zero attached hydrogens (tertiary/aromatic N) is 1. The Balaban J connectivity index is 2.37. The van der Waals surface area contributed by atoms with Crippen LogP contribution in [-0.4, -0.2) is 29.3 Å². The third-order valence-corrected chi connectivity index (χ3v) is 2.99. The molecule has 92 valence electrons. The van der Waals surface area contributed by atoms with E-state index in [4.69, 9.17) is 9.84 Å². The second-order valence-corrected chi connectivity index (χ2v) is 4.54. The van der Waals surface area contributed by atoms with E-state index in [1.54, 1.807) is 0 Å². The Kier molecular flexibility index (Phi) is 3.22. The van der Waals surface area contributed by atoms with Gasteiger partial charge in [-0.05, 0) is 11.5 Å². The number of para-hydroxylation sites is 1. The number of carboxylic acid groups (broad SMARTS) is 1. The van der Waals surface area contributed by atoms with E-state index in [2.05, 4.69) is 13.8 Å². The molecule has 0 bridgehead atoms. The molecule has 0 aromatic heterocycles. The Morgan fingerprint density at radius 3 is 2.88 bits per heavy atom. The van der Waals surface area contributed by atoms with Crippen molar-refractivity contribution in [3.63, 3.8) is 0 Å². The van der Waals surface area contributed by atoms with Crippen molar-refractivity contribution in [2.24, 2.45) is 0 Å². The third-order valence-electron chi connectivity index (χ3n) is 2.99. The second-order valence-electron chi connectivity index (χ2n) is 4.54. The van der Waals surface area contributed by atoms with E-state index in [0.29, 0.717) is 25.6 Å². The molecule has 0 radical (unpaired) electrons. The van der Waals surface area contributed by atoms with E-state index in [1.165, 1.54) is 4.90 Å². The summed E-state index contributed by atoms with van der Waals surface area (Å²) in [5.41, 5.74) is 2.10. The first-order valence-electron chi connectivity index (χ1n) is 5.82. The van der Waals surface area contributed by atoms with Gasteiger partial charge in [0.15, 0.2) is 0 Å². The lowest BCUT2D eigenvalue weighted by atomic mass is 9.99. The fourth-order valence-electron chi connectivity index (χ4n) is 2.07. The zero-order valence-electron chi connectivity index (χ0n) is 10.1. The second kappa shape index (κ2) is 4.65. The predicted octanol–water partition coefficient (Wildman–Crippen LogP) is 2.68. The molecule has 1 heterocycles. The summed E-state index contributed by atoms with van der Waals surface area (Å²) in [7, 11) is 0. The average molecular weight is 235 g/mol. The fourth-order valence-corrected chi connectivity index (χ4v) is 2.07. The van der Waals surface area contributed by atoms with Gasteiger partial charge < -0.3 is 14.7 Å². The van der Waals surface area contributed by atoms with Crippen molar-refractivity contribution < 1.29 is 14.6 Å². The summed E-state index contributed by atoms with van der Waals surface area (Å²) < 4.78 is 5.72. The molecular weight excluding hydrogens is 218 g/mol. The highest BCUT2D eigenvalue weighted by molar-refractivity contribution is 5.65. The molecule has 0 fully saturated rings. The maximum atomic E-state index is 11.0. The Hall–Kier alpha value is -1.71. The van der Waals surface area contributed by atoms with Gasteiger partial charge in [-0.1, -0.05) is 32.0 Å². The Morgan fingerprint density at radius 2 is 2.24 bits per heavy atom. The quantitative estimate of drug-likeness (QED) is 0.814. The number of hydrogen-bond acceptors (Lipinski definition) is 2. The van der Waals surface area contributed by atoms with E-state index in [9.17, 15) is 4.79 Å². The molecule has 0 aliphatic carbocycles. The molecule has 0 spiro atoms. The molecule has 1 amide bonds. The normalized spacial score (nSPS) is 15.1. The van der Waals surface area contributed by atoms with Crippen LogP contribution < -0.4 is 4.74 Å². The van der Waals surface area contributed by atoms with Crippen LogP contribution in [-0.2, 0) is 6.54 Å². The molecule has 1 aliphatic heterocycles. The minimum absolute atomic E-state index is 0.376. The van der Waals surface area contributed by atoms with Crippen molar-refractivity contribution in [3.05, 3.63) is 29.3 Å². The summed E-state index contributed by atoms with van der Waals surface area (Å²) in [5, 5.41) is 9.04. The molecule has 1 N–H and O–H groups in total. The van der Waals surface area contributed by atoms with Crippen molar-refractivity contribution in [2.45, 2.75) is 26.3 Å². The number of amides is 1. The monoisotopic (exact) mass is 235 g/mol. The van der Waals surface area contributed by atoms with Gasteiger partial charge in [0.2, 0.25) is 0 Å². The molecule has 4 nitrogen and oxygen atoms in total. The summed E-state index contributed by atoms with van der Waals surface area (Å²) >= 11 is 0. The number of ether oxygens (including phenoxy) is 1. The summed E-state index contributed by atoms with van der Waals surface area (Å²) in [6, 6.07) is 5.94. The minimum atomic E-state index is -0.892. The van der Waals surface area contributed by atoms with Gasteiger partial charge >= 0.3 is 6.09 Å². The Labute approximate surface area is 101 Å². The number of carbonyl (C=O) groups is 1.